The highest BCUT2D eigenvalue weighted by Crippen LogP contribution is 2.31. The monoisotopic (exact) mass is 251 g/mol. The lowest BCUT2D eigenvalue weighted by Gasteiger charge is -2.27. The van der Waals surface area contributed by atoms with Crippen LogP contribution in [0.1, 0.15) is 30.5 Å². The first-order valence-electron chi connectivity index (χ1n) is 6.31. The predicted molar refractivity (Wildman–Crippen MR) is 74.2 cm³/mol. The molecule has 0 fully saturated rings. The predicted octanol–water partition coefficient (Wildman–Crippen LogP) is 2.58. The van der Waals surface area contributed by atoms with Crippen LogP contribution in [0.25, 0.3) is 0 Å². The van der Waals surface area contributed by atoms with Gasteiger partial charge in [-0.25, -0.2) is 0 Å². The van der Waals surface area contributed by atoms with Gasteiger partial charge < -0.3 is 10.4 Å². The molecule has 1 aliphatic heterocycles. The highest BCUT2D eigenvalue weighted by Gasteiger charge is 2.19. The molecule has 2 unspecified atom stereocenters. The standard InChI is InChI=1S/C14H21NOS/c1-11(6-7-16)8-15-14-10-17-9-12-4-2-3-5-13(12)14/h2-5,11,14-16H,6-10H2,1H3. The molecule has 0 spiro atoms. The maximum absolute atomic E-state index is 8.90. The highest BCUT2D eigenvalue weighted by molar-refractivity contribution is 7.98. The smallest absolute Gasteiger partial charge is 0.0434 e. The molecule has 0 saturated heterocycles. The third-order valence-electron chi connectivity index (χ3n) is 3.31. The Kier molecular flexibility index (Phi) is 4.89. The summed E-state index contributed by atoms with van der Waals surface area (Å²) in [7, 11) is 0. The number of nitrogens with one attached hydrogen (secondary N) is 1. The number of fused-ring (bicyclic) bond motifs is 1. The molecule has 2 nitrogen and oxygen atoms in total. The van der Waals surface area contributed by atoms with Crippen molar-refractivity contribution in [2.75, 3.05) is 18.9 Å². The summed E-state index contributed by atoms with van der Waals surface area (Å²) in [6, 6.07) is 9.19. The van der Waals surface area contributed by atoms with Crippen molar-refractivity contribution >= 4 is 11.8 Å². The van der Waals surface area contributed by atoms with Gasteiger partial charge in [-0.1, -0.05) is 31.2 Å². The van der Waals surface area contributed by atoms with Crippen molar-refractivity contribution in [2.45, 2.75) is 25.1 Å². The van der Waals surface area contributed by atoms with E-state index < -0.39 is 0 Å². The highest BCUT2D eigenvalue weighted by atomic mass is 32.2. The van der Waals surface area contributed by atoms with E-state index in [0.717, 1.165) is 24.5 Å². The fourth-order valence-corrected chi connectivity index (χ4v) is 3.35. The van der Waals surface area contributed by atoms with Gasteiger partial charge in [0.05, 0.1) is 0 Å². The van der Waals surface area contributed by atoms with Crippen LogP contribution < -0.4 is 5.32 Å². The maximum Gasteiger partial charge on any atom is 0.0434 e. The summed E-state index contributed by atoms with van der Waals surface area (Å²) in [4.78, 5) is 0. The summed E-state index contributed by atoms with van der Waals surface area (Å²) >= 11 is 2.00. The average Bonchev–Trinajstić information content (AvgIpc) is 2.36. The molecule has 3 heteroatoms. The van der Waals surface area contributed by atoms with Gasteiger partial charge >= 0.3 is 0 Å². The molecule has 2 atom stereocenters. The van der Waals surface area contributed by atoms with Crippen molar-refractivity contribution in [1.29, 1.82) is 0 Å². The Morgan fingerprint density at radius 3 is 3.12 bits per heavy atom. The van der Waals surface area contributed by atoms with Gasteiger partial charge in [-0.3, -0.25) is 0 Å². The molecule has 0 radical (unpaired) electrons. The summed E-state index contributed by atoms with van der Waals surface area (Å²) in [5.74, 6) is 2.84. The van der Waals surface area contributed by atoms with E-state index in [1.807, 2.05) is 11.8 Å². The Balaban J connectivity index is 1.94. The van der Waals surface area contributed by atoms with Crippen LogP contribution >= 0.6 is 11.8 Å². The van der Waals surface area contributed by atoms with Crippen molar-refractivity contribution in [3.63, 3.8) is 0 Å². The quantitative estimate of drug-likeness (QED) is 0.843. The van der Waals surface area contributed by atoms with Crippen molar-refractivity contribution < 1.29 is 5.11 Å². The number of hydrogen-bond acceptors (Lipinski definition) is 3. The lowest BCUT2D eigenvalue weighted by molar-refractivity contribution is 0.258. The Morgan fingerprint density at radius 2 is 2.29 bits per heavy atom. The van der Waals surface area contributed by atoms with Gasteiger partial charge in [-0.2, -0.15) is 11.8 Å². The first-order chi connectivity index (χ1) is 8.31. The van der Waals surface area contributed by atoms with Crippen LogP contribution in [0.4, 0.5) is 0 Å². The van der Waals surface area contributed by atoms with Gasteiger partial charge in [0.15, 0.2) is 0 Å². The molecular formula is C14H21NOS. The molecule has 0 bridgehead atoms. The fourth-order valence-electron chi connectivity index (χ4n) is 2.22. The second kappa shape index (κ2) is 6.43. The third kappa shape index (κ3) is 3.47. The van der Waals surface area contributed by atoms with Gasteiger partial charge in [0.2, 0.25) is 0 Å². The maximum atomic E-state index is 8.90. The van der Waals surface area contributed by atoms with Crippen LogP contribution in [0.15, 0.2) is 24.3 Å². The van der Waals surface area contributed by atoms with E-state index >= 15 is 0 Å². The molecule has 17 heavy (non-hydrogen) atoms. The molecule has 1 aromatic carbocycles. The van der Waals surface area contributed by atoms with Gasteiger partial charge in [-0.15, -0.1) is 0 Å². The molecule has 1 aromatic rings. The Labute approximate surface area is 108 Å². The van der Waals surface area contributed by atoms with Gasteiger partial charge in [0.25, 0.3) is 0 Å². The van der Waals surface area contributed by atoms with Gasteiger partial charge in [0.1, 0.15) is 0 Å². The van der Waals surface area contributed by atoms with Crippen molar-refractivity contribution in [3.8, 4) is 0 Å². The zero-order chi connectivity index (χ0) is 12.1. The van der Waals surface area contributed by atoms with Crippen molar-refractivity contribution in [1.82, 2.24) is 5.32 Å². The largest absolute Gasteiger partial charge is 0.396 e. The molecular weight excluding hydrogens is 230 g/mol. The summed E-state index contributed by atoms with van der Waals surface area (Å²) in [5.41, 5.74) is 2.93. The average molecular weight is 251 g/mol. The van der Waals surface area contributed by atoms with E-state index in [0.29, 0.717) is 18.6 Å². The molecule has 0 aliphatic carbocycles. The molecule has 2 rings (SSSR count). The topological polar surface area (TPSA) is 32.3 Å². The number of hydrogen-bond donors (Lipinski definition) is 2. The summed E-state index contributed by atoms with van der Waals surface area (Å²) in [6.07, 6.45) is 0.883. The van der Waals surface area contributed by atoms with E-state index in [4.69, 9.17) is 5.11 Å². The third-order valence-corrected chi connectivity index (χ3v) is 4.39. The first kappa shape index (κ1) is 12.9. The minimum atomic E-state index is 0.291. The fraction of sp³-hybridized carbons (Fsp3) is 0.571. The zero-order valence-electron chi connectivity index (χ0n) is 10.4. The zero-order valence-corrected chi connectivity index (χ0v) is 11.2. The number of rotatable bonds is 5. The minimum Gasteiger partial charge on any atom is -0.396 e. The lowest BCUT2D eigenvalue weighted by Crippen LogP contribution is -2.30. The van der Waals surface area contributed by atoms with Crippen molar-refractivity contribution in [3.05, 3.63) is 35.4 Å². The second-order valence-corrected chi connectivity index (χ2v) is 5.82. The van der Waals surface area contributed by atoms with Crippen LogP contribution in [0.3, 0.4) is 0 Å². The summed E-state index contributed by atoms with van der Waals surface area (Å²) in [6.45, 7) is 3.46. The lowest BCUT2D eigenvalue weighted by atomic mass is 10.0. The Morgan fingerprint density at radius 1 is 1.47 bits per heavy atom. The Bertz CT molecular complexity index is 356. The molecule has 1 heterocycles. The molecule has 1 aliphatic rings. The molecule has 94 valence electrons. The van der Waals surface area contributed by atoms with Crippen LogP contribution in [0.5, 0.6) is 0 Å². The number of thioether (sulfide) groups is 1. The van der Waals surface area contributed by atoms with E-state index in [9.17, 15) is 0 Å². The molecule has 0 saturated carbocycles. The van der Waals surface area contributed by atoms with Crippen LogP contribution in [0, 0.1) is 5.92 Å². The van der Waals surface area contributed by atoms with Gasteiger partial charge in [-0.05, 0) is 30.0 Å². The second-order valence-electron chi connectivity index (χ2n) is 4.79. The van der Waals surface area contributed by atoms with Crippen LogP contribution in [-0.2, 0) is 5.75 Å². The van der Waals surface area contributed by atoms with Crippen LogP contribution in [0.2, 0.25) is 0 Å². The summed E-state index contributed by atoms with van der Waals surface area (Å²) in [5, 5.41) is 12.5. The van der Waals surface area contributed by atoms with E-state index in [1.54, 1.807) is 0 Å². The molecule has 0 aromatic heterocycles. The Hall–Kier alpha value is -0.510. The SMILES string of the molecule is CC(CCO)CNC1CSCc2ccccc21. The summed E-state index contributed by atoms with van der Waals surface area (Å²) < 4.78 is 0. The van der Waals surface area contributed by atoms with E-state index in [-0.39, 0.29) is 0 Å². The van der Waals surface area contributed by atoms with Gasteiger partial charge in [0, 0.05) is 24.2 Å². The number of aliphatic hydroxyl groups is 1. The van der Waals surface area contributed by atoms with Crippen molar-refractivity contribution in [2.24, 2.45) is 5.92 Å². The van der Waals surface area contributed by atoms with E-state index in [1.165, 1.54) is 11.1 Å². The number of benzene rings is 1. The molecule has 0 amide bonds. The van der Waals surface area contributed by atoms with Crippen LogP contribution in [-0.4, -0.2) is 24.0 Å². The molecule has 2 N–H and O–H groups in total. The normalized spacial score (nSPS) is 20.9. The number of aliphatic hydroxyl groups excluding tert-OH is 1. The first-order valence-corrected chi connectivity index (χ1v) is 7.46. The minimum absolute atomic E-state index is 0.291. The van der Waals surface area contributed by atoms with E-state index in [2.05, 4.69) is 36.5 Å².